The number of ether oxygens (including phenoxy) is 2. The summed E-state index contributed by atoms with van der Waals surface area (Å²) in [5.74, 6) is 0.00357. The molecule has 7 heteroatoms. The van der Waals surface area contributed by atoms with E-state index in [1.807, 2.05) is 7.05 Å². The lowest BCUT2D eigenvalue weighted by molar-refractivity contribution is -0.256. The Morgan fingerprint density at radius 3 is 2.51 bits per heavy atom. The van der Waals surface area contributed by atoms with Gasteiger partial charge in [0.15, 0.2) is 5.72 Å². The third-order valence-electron chi connectivity index (χ3n) is 8.60. The molecule has 5 aromatic rings. The fraction of sp³-hybridized carbons (Fsp3) is 0.321. The van der Waals surface area contributed by atoms with Gasteiger partial charge in [0.1, 0.15) is 12.3 Å². The van der Waals surface area contributed by atoms with Gasteiger partial charge < -0.3 is 29.2 Å². The molecular formula is C28H26N4O3. The summed E-state index contributed by atoms with van der Waals surface area (Å²) in [7, 11) is 3.77. The van der Waals surface area contributed by atoms with Crippen LogP contribution in [-0.4, -0.2) is 41.3 Å². The zero-order chi connectivity index (χ0) is 23.6. The van der Waals surface area contributed by atoms with Gasteiger partial charge in [0, 0.05) is 47.7 Å². The molecule has 0 radical (unpaired) electrons. The predicted octanol–water partition coefficient (Wildman–Crippen LogP) is 4.35. The first-order valence-electron chi connectivity index (χ1n) is 12.3. The molecule has 2 bridgehead atoms. The van der Waals surface area contributed by atoms with Crippen molar-refractivity contribution in [2.75, 3.05) is 14.2 Å². The van der Waals surface area contributed by atoms with Crippen LogP contribution in [0.3, 0.4) is 0 Å². The molecule has 0 unspecified atom stereocenters. The summed E-state index contributed by atoms with van der Waals surface area (Å²) in [5, 5.41) is 11.0. The van der Waals surface area contributed by atoms with Crippen molar-refractivity contribution in [2.45, 2.75) is 44.0 Å². The molecule has 176 valence electrons. The van der Waals surface area contributed by atoms with E-state index in [0.717, 1.165) is 61.2 Å². The SMILES string of the molecule is CN[C@H]1C[C@@H]2O[C@](C)([C@@H]1OC)n1c3ccccc3c3c4c(c5c6ccccc6n2c5c31)C(=O)NC4. The van der Waals surface area contributed by atoms with E-state index in [-0.39, 0.29) is 24.3 Å². The van der Waals surface area contributed by atoms with Gasteiger partial charge in [0.05, 0.1) is 27.6 Å². The van der Waals surface area contributed by atoms with Crippen molar-refractivity contribution in [1.29, 1.82) is 0 Å². The number of para-hydroxylation sites is 2. The highest BCUT2D eigenvalue weighted by molar-refractivity contribution is 6.31. The van der Waals surface area contributed by atoms with E-state index in [4.69, 9.17) is 9.47 Å². The summed E-state index contributed by atoms with van der Waals surface area (Å²) in [5.41, 5.74) is 5.51. The van der Waals surface area contributed by atoms with Crippen molar-refractivity contribution in [3.63, 3.8) is 0 Å². The number of aromatic nitrogens is 2. The lowest BCUT2D eigenvalue weighted by atomic mass is 9.93. The third kappa shape index (κ3) is 2.12. The van der Waals surface area contributed by atoms with E-state index in [0.29, 0.717) is 6.54 Å². The largest absolute Gasteiger partial charge is 0.375 e. The summed E-state index contributed by atoms with van der Waals surface area (Å²) in [6.07, 6.45) is 0.337. The molecule has 0 spiro atoms. The smallest absolute Gasteiger partial charge is 0.252 e. The summed E-state index contributed by atoms with van der Waals surface area (Å²) in [6, 6.07) is 17.0. The Balaban J connectivity index is 1.72. The lowest BCUT2D eigenvalue weighted by Gasteiger charge is -2.48. The Labute approximate surface area is 201 Å². The van der Waals surface area contributed by atoms with Crippen LogP contribution in [-0.2, 0) is 21.7 Å². The van der Waals surface area contributed by atoms with Gasteiger partial charge in [-0.2, -0.15) is 0 Å². The number of nitrogens with zero attached hydrogens (tertiary/aromatic N) is 2. The monoisotopic (exact) mass is 466 g/mol. The average Bonchev–Trinajstić information content (AvgIpc) is 3.51. The van der Waals surface area contributed by atoms with E-state index in [1.165, 1.54) is 0 Å². The maximum absolute atomic E-state index is 13.3. The minimum Gasteiger partial charge on any atom is -0.375 e. The van der Waals surface area contributed by atoms with Gasteiger partial charge in [-0.15, -0.1) is 0 Å². The number of rotatable bonds is 2. The fourth-order valence-corrected chi connectivity index (χ4v) is 7.33. The number of hydrogen-bond acceptors (Lipinski definition) is 4. The quantitative estimate of drug-likeness (QED) is 0.406. The Morgan fingerprint density at radius 2 is 1.77 bits per heavy atom. The van der Waals surface area contributed by atoms with Crippen LogP contribution in [0.1, 0.15) is 35.5 Å². The highest BCUT2D eigenvalue weighted by Gasteiger charge is 2.53. The van der Waals surface area contributed by atoms with Gasteiger partial charge in [-0.05, 0) is 31.7 Å². The molecule has 0 aliphatic carbocycles. The zero-order valence-electron chi connectivity index (χ0n) is 19.9. The van der Waals surface area contributed by atoms with Crippen LogP contribution in [0, 0.1) is 0 Å². The summed E-state index contributed by atoms with van der Waals surface area (Å²) in [4.78, 5) is 13.3. The van der Waals surface area contributed by atoms with E-state index >= 15 is 0 Å². The molecular weight excluding hydrogens is 440 g/mol. The Morgan fingerprint density at radius 1 is 1.06 bits per heavy atom. The molecule has 8 rings (SSSR count). The molecule has 35 heavy (non-hydrogen) atoms. The van der Waals surface area contributed by atoms with Gasteiger partial charge in [-0.1, -0.05) is 36.4 Å². The van der Waals surface area contributed by atoms with Crippen molar-refractivity contribution in [1.82, 2.24) is 19.8 Å². The molecule has 1 amide bonds. The number of fused-ring (bicyclic) bond motifs is 13. The zero-order valence-corrected chi connectivity index (χ0v) is 19.9. The van der Waals surface area contributed by atoms with Crippen LogP contribution in [0.5, 0.6) is 0 Å². The number of methoxy groups -OCH3 is 1. The molecule has 2 N–H and O–H groups in total. The van der Waals surface area contributed by atoms with Gasteiger partial charge in [0.2, 0.25) is 0 Å². The fourth-order valence-electron chi connectivity index (χ4n) is 7.33. The molecule has 2 aromatic heterocycles. The molecule has 3 aliphatic rings. The molecule has 5 heterocycles. The third-order valence-corrected chi connectivity index (χ3v) is 8.60. The molecule has 1 saturated heterocycles. The van der Waals surface area contributed by atoms with E-state index < -0.39 is 5.72 Å². The highest BCUT2D eigenvalue weighted by Crippen LogP contribution is 2.53. The second kappa shape index (κ2) is 6.43. The summed E-state index contributed by atoms with van der Waals surface area (Å²) >= 11 is 0. The number of amides is 1. The van der Waals surface area contributed by atoms with Gasteiger partial charge in [0.25, 0.3) is 5.91 Å². The number of benzene rings is 3. The molecule has 4 atom stereocenters. The van der Waals surface area contributed by atoms with Gasteiger partial charge >= 0.3 is 0 Å². The second-order valence-electron chi connectivity index (χ2n) is 10.1. The Bertz CT molecular complexity index is 1750. The number of likely N-dealkylation sites (N-methyl/N-ethyl adjacent to an activating group) is 1. The maximum atomic E-state index is 13.3. The predicted molar refractivity (Wildman–Crippen MR) is 136 cm³/mol. The Kier molecular flexibility index (Phi) is 3.65. The maximum Gasteiger partial charge on any atom is 0.252 e. The minimum absolute atomic E-state index is 0.00357. The second-order valence-corrected chi connectivity index (χ2v) is 10.1. The lowest BCUT2D eigenvalue weighted by Crippen LogP contribution is -2.59. The first-order valence-corrected chi connectivity index (χ1v) is 12.3. The highest BCUT2D eigenvalue weighted by atomic mass is 16.6. The van der Waals surface area contributed by atoms with Crippen molar-refractivity contribution in [3.8, 4) is 0 Å². The minimum atomic E-state index is -0.760. The van der Waals surface area contributed by atoms with Gasteiger partial charge in [-0.25, -0.2) is 0 Å². The molecule has 7 nitrogen and oxygen atoms in total. The van der Waals surface area contributed by atoms with Crippen LogP contribution >= 0.6 is 0 Å². The number of hydrogen-bond donors (Lipinski definition) is 2. The van der Waals surface area contributed by atoms with Crippen LogP contribution < -0.4 is 10.6 Å². The molecule has 3 aromatic carbocycles. The first-order chi connectivity index (χ1) is 17.1. The number of carbonyl (C=O) groups excluding carboxylic acids is 1. The molecule has 0 saturated carbocycles. The van der Waals surface area contributed by atoms with Crippen molar-refractivity contribution in [3.05, 3.63) is 59.7 Å². The molecule has 3 aliphatic heterocycles. The topological polar surface area (TPSA) is 69.5 Å². The van der Waals surface area contributed by atoms with E-state index in [9.17, 15) is 4.79 Å². The van der Waals surface area contributed by atoms with Crippen LogP contribution in [0.15, 0.2) is 48.5 Å². The summed E-state index contributed by atoms with van der Waals surface area (Å²) in [6.45, 7) is 2.68. The standard InChI is InChI=1S/C28H26N4O3/c1-28-26(34-3)17(29-2)12-20(35-28)31-18-10-6-4-8-14(18)22-23-16(13-30-27(23)33)21-15-9-5-7-11-19(15)32(28)25(21)24(22)31/h4-11,17,20,26,29H,12-13H2,1-3H3,(H,30,33)/t17-,20-,26+,28+/m0/s1. The average molecular weight is 467 g/mol. The van der Waals surface area contributed by atoms with Crippen molar-refractivity contribution in [2.24, 2.45) is 0 Å². The number of nitrogens with one attached hydrogen (secondary N) is 2. The van der Waals surface area contributed by atoms with Crippen LogP contribution in [0.2, 0.25) is 0 Å². The van der Waals surface area contributed by atoms with E-state index in [1.54, 1.807) is 7.11 Å². The molecule has 1 fully saturated rings. The normalized spacial score (nSPS) is 27.3. The Hall–Kier alpha value is -3.39. The first kappa shape index (κ1) is 19.9. The van der Waals surface area contributed by atoms with Crippen LogP contribution in [0.25, 0.3) is 43.6 Å². The van der Waals surface area contributed by atoms with Crippen molar-refractivity contribution < 1.29 is 14.3 Å². The number of carbonyl (C=O) groups is 1. The summed E-state index contributed by atoms with van der Waals surface area (Å²) < 4.78 is 18.0. The van der Waals surface area contributed by atoms with Gasteiger partial charge in [-0.3, -0.25) is 4.79 Å². The van der Waals surface area contributed by atoms with E-state index in [2.05, 4.69) is 75.2 Å². The van der Waals surface area contributed by atoms with Crippen LogP contribution in [0.4, 0.5) is 0 Å². The van der Waals surface area contributed by atoms with Crippen molar-refractivity contribution >= 4 is 49.5 Å².